The second kappa shape index (κ2) is 7.35. The van der Waals surface area contributed by atoms with Gasteiger partial charge >= 0.3 is 0 Å². The summed E-state index contributed by atoms with van der Waals surface area (Å²) in [5.41, 5.74) is 3.04. The van der Waals surface area contributed by atoms with Gasteiger partial charge in [-0.05, 0) is 29.8 Å². The van der Waals surface area contributed by atoms with Crippen LogP contribution in [0, 0.1) is 0 Å². The molecule has 5 nitrogen and oxygen atoms in total. The van der Waals surface area contributed by atoms with Crippen LogP contribution < -0.4 is 10.6 Å². The molecule has 0 aliphatic heterocycles. The largest absolute Gasteiger partial charge is 0.381 e. The third-order valence-corrected chi connectivity index (χ3v) is 4.07. The summed E-state index contributed by atoms with van der Waals surface area (Å²) in [5.74, 6) is 0.653. The summed E-state index contributed by atoms with van der Waals surface area (Å²) in [7, 11) is 0. The van der Waals surface area contributed by atoms with Gasteiger partial charge in [0.05, 0.1) is 0 Å². The highest BCUT2D eigenvalue weighted by molar-refractivity contribution is 6.36. The normalized spacial score (nSPS) is 10.5. The fourth-order valence-corrected chi connectivity index (χ4v) is 2.64. The average Bonchev–Trinajstić information content (AvgIpc) is 3.07. The van der Waals surface area contributed by atoms with Crippen LogP contribution in [-0.2, 0) is 13.1 Å². The number of anilines is 2. The number of aromatic amines is 1. The number of aromatic nitrogens is 3. The van der Waals surface area contributed by atoms with Crippen molar-refractivity contribution in [3.05, 3.63) is 70.0 Å². The number of nitrogens with zero attached hydrogens (tertiary/aromatic N) is 2. The Balaban J connectivity index is 1.57. The Morgan fingerprint density at radius 2 is 1.65 bits per heavy atom. The predicted molar refractivity (Wildman–Crippen MR) is 93.9 cm³/mol. The Morgan fingerprint density at radius 1 is 0.913 bits per heavy atom. The molecule has 0 radical (unpaired) electrons. The molecule has 3 N–H and O–H groups in total. The van der Waals surface area contributed by atoms with Gasteiger partial charge in [-0.3, -0.25) is 0 Å². The van der Waals surface area contributed by atoms with E-state index in [0.717, 1.165) is 16.8 Å². The monoisotopic (exact) mass is 347 g/mol. The van der Waals surface area contributed by atoms with Crippen LogP contribution >= 0.6 is 23.2 Å². The smallest absolute Gasteiger partial charge is 0.218 e. The molecule has 3 rings (SSSR count). The average molecular weight is 348 g/mol. The van der Waals surface area contributed by atoms with Crippen molar-refractivity contribution < 1.29 is 0 Å². The van der Waals surface area contributed by atoms with Crippen molar-refractivity contribution in [2.75, 3.05) is 10.6 Å². The van der Waals surface area contributed by atoms with E-state index in [1.165, 1.54) is 6.33 Å². The van der Waals surface area contributed by atoms with Crippen LogP contribution in [0.2, 0.25) is 10.0 Å². The predicted octanol–water partition coefficient (Wildman–Crippen LogP) is 4.34. The molecule has 0 aliphatic carbocycles. The lowest BCUT2D eigenvalue weighted by Gasteiger charge is -2.10. The first-order chi connectivity index (χ1) is 11.2. The first kappa shape index (κ1) is 15.6. The van der Waals surface area contributed by atoms with Crippen LogP contribution in [0.3, 0.4) is 0 Å². The molecule has 1 aromatic heterocycles. The zero-order valence-electron chi connectivity index (χ0n) is 12.2. The molecule has 0 fully saturated rings. The van der Waals surface area contributed by atoms with E-state index in [2.05, 4.69) is 25.8 Å². The van der Waals surface area contributed by atoms with Gasteiger partial charge in [0.25, 0.3) is 0 Å². The number of benzene rings is 2. The van der Waals surface area contributed by atoms with Gasteiger partial charge in [0, 0.05) is 34.4 Å². The lowest BCUT2D eigenvalue weighted by atomic mass is 10.2. The number of rotatable bonds is 6. The summed E-state index contributed by atoms with van der Waals surface area (Å²) in [5, 5.41) is 14.3. The molecule has 23 heavy (non-hydrogen) atoms. The maximum absolute atomic E-state index is 6.16. The molecular formula is C16H15Cl2N5. The van der Waals surface area contributed by atoms with Crippen LogP contribution in [0.25, 0.3) is 0 Å². The molecule has 0 saturated carbocycles. The molecule has 2 aromatic carbocycles. The minimum atomic E-state index is 0.578. The van der Waals surface area contributed by atoms with Gasteiger partial charge in [0.2, 0.25) is 5.95 Å². The third kappa shape index (κ3) is 4.15. The van der Waals surface area contributed by atoms with Crippen LogP contribution in [0.15, 0.2) is 48.8 Å². The molecule has 3 aromatic rings. The Kier molecular flexibility index (Phi) is 5.00. The fourth-order valence-electron chi connectivity index (χ4n) is 2.11. The number of H-pyrrole nitrogens is 1. The molecule has 0 unspecified atom stereocenters. The van der Waals surface area contributed by atoms with Gasteiger partial charge < -0.3 is 10.6 Å². The van der Waals surface area contributed by atoms with Crippen molar-refractivity contribution in [1.29, 1.82) is 0 Å². The lowest BCUT2D eigenvalue weighted by Crippen LogP contribution is -2.03. The molecule has 0 atom stereocenters. The Hall–Kier alpha value is -2.24. The van der Waals surface area contributed by atoms with Gasteiger partial charge in [-0.25, -0.2) is 10.1 Å². The summed E-state index contributed by atoms with van der Waals surface area (Å²) < 4.78 is 0. The van der Waals surface area contributed by atoms with E-state index < -0.39 is 0 Å². The molecule has 0 aliphatic rings. The molecule has 1 heterocycles. The quantitative estimate of drug-likeness (QED) is 0.620. The highest BCUT2D eigenvalue weighted by Gasteiger charge is 2.05. The highest BCUT2D eigenvalue weighted by Crippen LogP contribution is 2.25. The van der Waals surface area contributed by atoms with Gasteiger partial charge in [-0.1, -0.05) is 41.4 Å². The standard InChI is InChI=1S/C16H15Cl2N5/c17-14-2-1-3-15(18)13(14)9-19-12-6-4-11(5-7-12)8-20-16-21-10-22-23-16/h1-7,10,19H,8-9H2,(H2,20,21,22,23). The number of nitrogens with one attached hydrogen (secondary N) is 3. The summed E-state index contributed by atoms with van der Waals surface area (Å²) in [6.07, 6.45) is 1.47. The van der Waals surface area contributed by atoms with Gasteiger partial charge in [0.1, 0.15) is 6.33 Å². The zero-order chi connectivity index (χ0) is 16.1. The summed E-state index contributed by atoms with van der Waals surface area (Å²) in [4.78, 5) is 4.01. The molecule has 0 bridgehead atoms. The van der Waals surface area contributed by atoms with Crippen LogP contribution in [0.1, 0.15) is 11.1 Å². The Morgan fingerprint density at radius 3 is 2.30 bits per heavy atom. The van der Waals surface area contributed by atoms with Crippen molar-refractivity contribution in [2.45, 2.75) is 13.1 Å². The molecule has 0 amide bonds. The summed E-state index contributed by atoms with van der Waals surface area (Å²) in [6, 6.07) is 13.6. The van der Waals surface area contributed by atoms with E-state index in [4.69, 9.17) is 23.2 Å². The molecule has 118 valence electrons. The van der Waals surface area contributed by atoms with Crippen molar-refractivity contribution >= 4 is 34.8 Å². The van der Waals surface area contributed by atoms with E-state index in [1.807, 2.05) is 42.5 Å². The van der Waals surface area contributed by atoms with E-state index >= 15 is 0 Å². The first-order valence-electron chi connectivity index (χ1n) is 7.07. The van der Waals surface area contributed by atoms with Gasteiger partial charge in [-0.15, -0.1) is 0 Å². The van der Waals surface area contributed by atoms with Crippen LogP contribution in [0.5, 0.6) is 0 Å². The fraction of sp³-hybridized carbons (Fsp3) is 0.125. The second-order valence-corrected chi connectivity index (χ2v) is 5.75. The van der Waals surface area contributed by atoms with Crippen LogP contribution in [-0.4, -0.2) is 15.2 Å². The molecule has 0 saturated heterocycles. The SMILES string of the molecule is Clc1cccc(Cl)c1CNc1ccc(CNc2ncn[nH]2)cc1. The van der Waals surface area contributed by atoms with E-state index in [1.54, 1.807) is 0 Å². The zero-order valence-corrected chi connectivity index (χ0v) is 13.7. The summed E-state index contributed by atoms with van der Waals surface area (Å²) >= 11 is 12.3. The van der Waals surface area contributed by atoms with Gasteiger partial charge in [-0.2, -0.15) is 5.10 Å². The highest BCUT2D eigenvalue weighted by atomic mass is 35.5. The minimum absolute atomic E-state index is 0.578. The summed E-state index contributed by atoms with van der Waals surface area (Å²) in [6.45, 7) is 1.25. The van der Waals surface area contributed by atoms with Gasteiger partial charge in [0.15, 0.2) is 0 Å². The van der Waals surface area contributed by atoms with Crippen molar-refractivity contribution in [1.82, 2.24) is 15.2 Å². The molecule has 7 heteroatoms. The van der Waals surface area contributed by atoms with E-state index in [9.17, 15) is 0 Å². The lowest BCUT2D eigenvalue weighted by molar-refractivity contribution is 1.04. The van der Waals surface area contributed by atoms with Crippen molar-refractivity contribution in [2.24, 2.45) is 0 Å². The Labute approximate surface area is 144 Å². The maximum atomic E-state index is 6.16. The Bertz CT molecular complexity index is 736. The number of hydrogen-bond acceptors (Lipinski definition) is 4. The number of hydrogen-bond donors (Lipinski definition) is 3. The minimum Gasteiger partial charge on any atom is -0.381 e. The van der Waals surface area contributed by atoms with E-state index in [0.29, 0.717) is 29.1 Å². The number of halogens is 2. The van der Waals surface area contributed by atoms with E-state index in [-0.39, 0.29) is 0 Å². The molecule has 0 spiro atoms. The maximum Gasteiger partial charge on any atom is 0.218 e. The first-order valence-corrected chi connectivity index (χ1v) is 7.83. The molecular weight excluding hydrogens is 333 g/mol. The third-order valence-electron chi connectivity index (χ3n) is 3.36. The topological polar surface area (TPSA) is 65.6 Å². The van der Waals surface area contributed by atoms with Crippen molar-refractivity contribution in [3.63, 3.8) is 0 Å². The second-order valence-electron chi connectivity index (χ2n) is 4.94. The van der Waals surface area contributed by atoms with Crippen LogP contribution in [0.4, 0.5) is 11.6 Å². The van der Waals surface area contributed by atoms with Crippen molar-refractivity contribution in [3.8, 4) is 0 Å².